The lowest BCUT2D eigenvalue weighted by Crippen LogP contribution is -2.45. The van der Waals surface area contributed by atoms with E-state index in [0.717, 1.165) is 6.42 Å². The van der Waals surface area contributed by atoms with E-state index in [4.69, 9.17) is 10.8 Å². The van der Waals surface area contributed by atoms with Gasteiger partial charge in [0.15, 0.2) is 0 Å². The number of carbonyl (C=O) groups is 1. The zero-order chi connectivity index (χ0) is 9.19. The van der Waals surface area contributed by atoms with Crippen LogP contribution in [0.3, 0.4) is 0 Å². The van der Waals surface area contributed by atoms with Crippen LogP contribution >= 0.6 is 0 Å². The maximum atomic E-state index is 10.7. The van der Waals surface area contributed by atoms with E-state index in [9.17, 15) is 4.79 Å². The Kier molecular flexibility index (Phi) is 2.39. The van der Waals surface area contributed by atoms with Crippen molar-refractivity contribution in [3.63, 3.8) is 0 Å². The van der Waals surface area contributed by atoms with Gasteiger partial charge in [0.05, 0.1) is 11.5 Å². The SMILES string of the molecule is CC#CC1(N)CCCC1C(=O)O. The van der Waals surface area contributed by atoms with E-state index in [0.29, 0.717) is 12.8 Å². The first kappa shape index (κ1) is 9.08. The molecule has 1 aliphatic carbocycles. The van der Waals surface area contributed by atoms with Gasteiger partial charge in [0.2, 0.25) is 0 Å². The molecule has 66 valence electrons. The molecule has 2 unspecified atom stereocenters. The van der Waals surface area contributed by atoms with Crippen molar-refractivity contribution >= 4 is 5.97 Å². The fourth-order valence-corrected chi connectivity index (χ4v) is 1.76. The second kappa shape index (κ2) is 3.16. The minimum absolute atomic E-state index is 0.482. The summed E-state index contributed by atoms with van der Waals surface area (Å²) in [5.41, 5.74) is 5.08. The Hall–Kier alpha value is -1.01. The lowest BCUT2D eigenvalue weighted by molar-refractivity contribution is -0.142. The van der Waals surface area contributed by atoms with E-state index in [2.05, 4.69) is 11.8 Å². The topological polar surface area (TPSA) is 63.3 Å². The fraction of sp³-hybridized carbons (Fsp3) is 0.667. The lowest BCUT2D eigenvalue weighted by Gasteiger charge is -2.21. The average molecular weight is 167 g/mol. The highest BCUT2D eigenvalue weighted by molar-refractivity contribution is 5.73. The van der Waals surface area contributed by atoms with Gasteiger partial charge in [0.1, 0.15) is 0 Å². The van der Waals surface area contributed by atoms with E-state index in [1.54, 1.807) is 6.92 Å². The molecule has 0 aromatic carbocycles. The Bertz CT molecular complexity index is 251. The fourth-order valence-electron chi connectivity index (χ4n) is 1.76. The quantitative estimate of drug-likeness (QED) is 0.562. The van der Waals surface area contributed by atoms with Crippen molar-refractivity contribution < 1.29 is 9.90 Å². The molecule has 0 aromatic rings. The summed E-state index contributed by atoms with van der Waals surface area (Å²) in [4.78, 5) is 10.7. The molecule has 3 heteroatoms. The van der Waals surface area contributed by atoms with Crippen molar-refractivity contribution in [2.45, 2.75) is 31.7 Å². The highest BCUT2D eigenvalue weighted by atomic mass is 16.4. The van der Waals surface area contributed by atoms with Crippen LogP contribution in [0.15, 0.2) is 0 Å². The van der Waals surface area contributed by atoms with E-state index in [1.165, 1.54) is 0 Å². The third-order valence-electron chi connectivity index (χ3n) is 2.36. The van der Waals surface area contributed by atoms with Crippen LogP contribution in [0.25, 0.3) is 0 Å². The molecule has 0 aliphatic heterocycles. The van der Waals surface area contributed by atoms with Crippen LogP contribution in [-0.2, 0) is 4.79 Å². The van der Waals surface area contributed by atoms with Gasteiger partial charge in [-0.25, -0.2) is 0 Å². The monoisotopic (exact) mass is 167 g/mol. The molecule has 0 bridgehead atoms. The number of hydrogen-bond acceptors (Lipinski definition) is 2. The minimum Gasteiger partial charge on any atom is -0.481 e. The summed E-state index contributed by atoms with van der Waals surface area (Å²) >= 11 is 0. The molecule has 1 fully saturated rings. The normalized spacial score (nSPS) is 34.0. The summed E-state index contributed by atoms with van der Waals surface area (Å²) in [5.74, 6) is 4.19. The summed E-state index contributed by atoms with van der Waals surface area (Å²) in [7, 11) is 0. The van der Waals surface area contributed by atoms with Crippen LogP contribution in [0.5, 0.6) is 0 Å². The number of aliphatic carboxylic acids is 1. The van der Waals surface area contributed by atoms with Gasteiger partial charge in [-0.15, -0.1) is 5.92 Å². The molecule has 0 heterocycles. The Morgan fingerprint density at radius 3 is 2.92 bits per heavy atom. The molecule has 3 N–H and O–H groups in total. The predicted molar refractivity (Wildman–Crippen MR) is 45.3 cm³/mol. The maximum Gasteiger partial charge on any atom is 0.309 e. The van der Waals surface area contributed by atoms with E-state index in [1.807, 2.05) is 0 Å². The summed E-state index contributed by atoms with van der Waals surface area (Å²) in [6, 6.07) is 0. The van der Waals surface area contributed by atoms with Gasteiger partial charge in [-0.3, -0.25) is 4.79 Å². The van der Waals surface area contributed by atoms with Crippen molar-refractivity contribution in [3.8, 4) is 11.8 Å². The zero-order valence-electron chi connectivity index (χ0n) is 7.13. The van der Waals surface area contributed by atoms with Crippen LogP contribution in [0.4, 0.5) is 0 Å². The Labute approximate surface area is 71.9 Å². The van der Waals surface area contributed by atoms with E-state index >= 15 is 0 Å². The number of carboxylic acid groups (broad SMARTS) is 1. The summed E-state index contributed by atoms with van der Waals surface area (Å²) < 4.78 is 0. The highest BCUT2D eigenvalue weighted by Crippen LogP contribution is 2.33. The summed E-state index contributed by atoms with van der Waals surface area (Å²) in [5, 5.41) is 8.83. The third kappa shape index (κ3) is 1.44. The largest absolute Gasteiger partial charge is 0.481 e. The van der Waals surface area contributed by atoms with Crippen LogP contribution < -0.4 is 5.73 Å². The second-order valence-corrected chi connectivity index (χ2v) is 3.20. The number of hydrogen-bond donors (Lipinski definition) is 2. The molecule has 1 saturated carbocycles. The molecular formula is C9H13NO2. The molecule has 1 aliphatic rings. The summed E-state index contributed by atoms with van der Waals surface area (Å²) in [6.45, 7) is 1.69. The van der Waals surface area contributed by atoms with Crippen molar-refractivity contribution in [2.75, 3.05) is 0 Å². The van der Waals surface area contributed by atoms with Crippen LogP contribution in [-0.4, -0.2) is 16.6 Å². The van der Waals surface area contributed by atoms with Gasteiger partial charge in [-0.2, -0.15) is 0 Å². The minimum atomic E-state index is -0.822. The molecule has 12 heavy (non-hydrogen) atoms. The molecule has 0 amide bonds. The van der Waals surface area contributed by atoms with Crippen molar-refractivity contribution in [1.29, 1.82) is 0 Å². The van der Waals surface area contributed by atoms with Crippen LogP contribution in [0, 0.1) is 17.8 Å². The van der Waals surface area contributed by atoms with Crippen molar-refractivity contribution in [1.82, 2.24) is 0 Å². The highest BCUT2D eigenvalue weighted by Gasteiger charge is 2.42. The number of rotatable bonds is 1. The molecule has 0 saturated heterocycles. The Morgan fingerprint density at radius 1 is 1.75 bits per heavy atom. The van der Waals surface area contributed by atoms with Crippen LogP contribution in [0.1, 0.15) is 26.2 Å². The van der Waals surface area contributed by atoms with E-state index < -0.39 is 17.4 Å². The standard InChI is InChI=1S/C9H13NO2/c1-2-5-9(10)6-3-4-7(9)8(11)12/h7H,3-4,6,10H2,1H3,(H,11,12). The number of carboxylic acids is 1. The van der Waals surface area contributed by atoms with Crippen molar-refractivity contribution in [2.24, 2.45) is 11.7 Å². The molecule has 0 radical (unpaired) electrons. The predicted octanol–water partition coefficient (Wildman–Crippen LogP) is 0.592. The Morgan fingerprint density at radius 2 is 2.42 bits per heavy atom. The Balaban J connectivity index is 2.86. The lowest BCUT2D eigenvalue weighted by atomic mass is 9.89. The third-order valence-corrected chi connectivity index (χ3v) is 2.36. The summed E-state index contributed by atoms with van der Waals surface area (Å²) in [6.07, 6.45) is 2.22. The maximum absolute atomic E-state index is 10.7. The van der Waals surface area contributed by atoms with Gasteiger partial charge >= 0.3 is 5.97 Å². The van der Waals surface area contributed by atoms with Gasteiger partial charge in [-0.05, 0) is 26.2 Å². The van der Waals surface area contributed by atoms with Gasteiger partial charge in [-0.1, -0.05) is 5.92 Å². The first-order chi connectivity index (χ1) is 5.60. The molecule has 0 aromatic heterocycles. The number of nitrogens with two attached hydrogens (primary N) is 1. The zero-order valence-corrected chi connectivity index (χ0v) is 7.13. The molecule has 2 atom stereocenters. The van der Waals surface area contributed by atoms with Crippen LogP contribution in [0.2, 0.25) is 0 Å². The van der Waals surface area contributed by atoms with Gasteiger partial charge in [0.25, 0.3) is 0 Å². The van der Waals surface area contributed by atoms with Gasteiger partial charge < -0.3 is 10.8 Å². The molecule has 3 nitrogen and oxygen atoms in total. The molecule has 0 spiro atoms. The smallest absolute Gasteiger partial charge is 0.309 e. The first-order valence-electron chi connectivity index (χ1n) is 4.06. The second-order valence-electron chi connectivity index (χ2n) is 3.20. The first-order valence-corrected chi connectivity index (χ1v) is 4.06. The molecular weight excluding hydrogens is 154 g/mol. The van der Waals surface area contributed by atoms with Crippen molar-refractivity contribution in [3.05, 3.63) is 0 Å². The van der Waals surface area contributed by atoms with E-state index in [-0.39, 0.29) is 0 Å². The average Bonchev–Trinajstić information content (AvgIpc) is 2.32. The van der Waals surface area contributed by atoms with Gasteiger partial charge in [0, 0.05) is 0 Å². The molecule has 1 rings (SSSR count).